The fourth-order valence-corrected chi connectivity index (χ4v) is 2.60. The lowest BCUT2D eigenvalue weighted by Crippen LogP contribution is -2.31. The fraction of sp³-hybridized carbons (Fsp3) is 0.222. The summed E-state index contributed by atoms with van der Waals surface area (Å²) < 4.78 is 1.96. The number of carbonyl (C=O) groups excluding carboxylic acids is 1. The molecule has 1 heterocycles. The fourth-order valence-electron chi connectivity index (χ4n) is 2.60. The quantitative estimate of drug-likeness (QED) is 0.734. The van der Waals surface area contributed by atoms with Gasteiger partial charge in [-0.3, -0.25) is 4.79 Å². The first kappa shape index (κ1) is 15.2. The Hall–Kier alpha value is -2.66. The zero-order valence-corrected chi connectivity index (χ0v) is 12.7. The number of fused-ring (bicyclic) bond motifs is 1. The Balaban J connectivity index is 1.61. The van der Waals surface area contributed by atoms with Gasteiger partial charge in [-0.15, -0.1) is 0 Å². The molecule has 3 aromatic rings. The Labute approximate surface area is 134 Å². The summed E-state index contributed by atoms with van der Waals surface area (Å²) in [5.41, 5.74) is 2.84. The van der Waals surface area contributed by atoms with Crippen molar-refractivity contribution in [1.82, 2.24) is 14.9 Å². The number of aliphatic hydroxyl groups is 1. The number of rotatable bonds is 6. The Morgan fingerprint density at radius 2 is 1.87 bits per heavy atom. The number of aliphatic hydroxyl groups excluding tert-OH is 1. The van der Waals surface area contributed by atoms with Crippen LogP contribution in [0.5, 0.6) is 0 Å². The summed E-state index contributed by atoms with van der Waals surface area (Å²) in [6.45, 7) is 0.434. The number of aromatic nitrogens is 2. The summed E-state index contributed by atoms with van der Waals surface area (Å²) in [7, 11) is 0. The highest BCUT2D eigenvalue weighted by molar-refractivity contribution is 5.77. The molecule has 0 bridgehead atoms. The second kappa shape index (κ2) is 7.07. The molecular formula is C18H19N3O2. The van der Waals surface area contributed by atoms with Crippen molar-refractivity contribution in [1.29, 1.82) is 0 Å². The molecule has 0 saturated heterocycles. The molecule has 23 heavy (non-hydrogen) atoms. The van der Waals surface area contributed by atoms with E-state index in [-0.39, 0.29) is 18.6 Å². The van der Waals surface area contributed by atoms with Crippen molar-refractivity contribution in [2.45, 2.75) is 19.0 Å². The molecule has 5 nitrogen and oxygen atoms in total. The Kier molecular flexibility index (Phi) is 4.68. The summed E-state index contributed by atoms with van der Waals surface area (Å²) in [6, 6.07) is 16.9. The van der Waals surface area contributed by atoms with Crippen LogP contribution >= 0.6 is 0 Å². The summed E-state index contributed by atoms with van der Waals surface area (Å²) in [5, 5.41) is 12.4. The third-order valence-corrected chi connectivity index (χ3v) is 3.83. The zero-order valence-electron chi connectivity index (χ0n) is 12.7. The second-order valence-electron chi connectivity index (χ2n) is 5.39. The highest BCUT2D eigenvalue weighted by Crippen LogP contribution is 2.14. The van der Waals surface area contributed by atoms with Crippen molar-refractivity contribution in [2.75, 3.05) is 6.61 Å². The molecule has 1 unspecified atom stereocenters. The summed E-state index contributed by atoms with van der Waals surface area (Å²) in [6.07, 6.45) is 2.09. The van der Waals surface area contributed by atoms with Gasteiger partial charge in [0.25, 0.3) is 0 Å². The smallest absolute Gasteiger partial charge is 0.222 e. The van der Waals surface area contributed by atoms with Crippen molar-refractivity contribution in [3.63, 3.8) is 0 Å². The van der Waals surface area contributed by atoms with E-state index in [0.29, 0.717) is 13.0 Å². The lowest BCUT2D eigenvalue weighted by Gasteiger charge is -2.16. The maximum Gasteiger partial charge on any atom is 0.222 e. The van der Waals surface area contributed by atoms with Crippen LogP contribution in [-0.2, 0) is 11.3 Å². The topological polar surface area (TPSA) is 67.2 Å². The van der Waals surface area contributed by atoms with Crippen LogP contribution in [-0.4, -0.2) is 27.2 Å². The molecule has 0 saturated carbocycles. The molecule has 2 aromatic carbocycles. The summed E-state index contributed by atoms with van der Waals surface area (Å²) >= 11 is 0. The van der Waals surface area contributed by atoms with Crippen molar-refractivity contribution in [3.05, 3.63) is 66.5 Å². The van der Waals surface area contributed by atoms with Gasteiger partial charge in [0.2, 0.25) is 5.91 Å². The molecule has 0 aliphatic heterocycles. The third-order valence-electron chi connectivity index (χ3n) is 3.83. The molecule has 0 radical (unpaired) electrons. The van der Waals surface area contributed by atoms with Gasteiger partial charge in [0.15, 0.2) is 0 Å². The second-order valence-corrected chi connectivity index (χ2v) is 5.39. The molecular weight excluding hydrogens is 290 g/mol. The standard InChI is InChI=1S/C18H19N3O2/c22-12-16(14-6-2-1-3-7-14)20-18(23)10-11-21-13-19-15-8-4-5-9-17(15)21/h1-9,13,16,22H,10-12H2,(H,20,23). The van der Waals surface area contributed by atoms with Gasteiger partial charge in [-0.1, -0.05) is 42.5 Å². The number of aryl methyl sites for hydroxylation is 1. The number of benzene rings is 2. The van der Waals surface area contributed by atoms with Gasteiger partial charge >= 0.3 is 0 Å². The number of para-hydroxylation sites is 2. The molecule has 1 amide bonds. The van der Waals surface area contributed by atoms with Crippen LogP contribution in [0.1, 0.15) is 18.0 Å². The predicted molar refractivity (Wildman–Crippen MR) is 88.8 cm³/mol. The van der Waals surface area contributed by atoms with Gasteiger partial charge in [-0.05, 0) is 17.7 Å². The SMILES string of the molecule is O=C(CCn1cnc2ccccc21)NC(CO)c1ccccc1. The molecule has 1 atom stereocenters. The largest absolute Gasteiger partial charge is 0.394 e. The molecule has 0 fully saturated rings. The minimum Gasteiger partial charge on any atom is -0.394 e. The average Bonchev–Trinajstić information content (AvgIpc) is 3.02. The van der Waals surface area contributed by atoms with Crippen molar-refractivity contribution in [2.24, 2.45) is 0 Å². The molecule has 0 spiro atoms. The van der Waals surface area contributed by atoms with Crippen LogP contribution in [0.3, 0.4) is 0 Å². The van der Waals surface area contributed by atoms with Gasteiger partial charge < -0.3 is 15.0 Å². The first-order valence-corrected chi connectivity index (χ1v) is 7.63. The van der Waals surface area contributed by atoms with E-state index in [9.17, 15) is 9.90 Å². The molecule has 118 valence electrons. The van der Waals surface area contributed by atoms with Gasteiger partial charge in [0.1, 0.15) is 0 Å². The summed E-state index contributed by atoms with van der Waals surface area (Å²) in [5.74, 6) is -0.0920. The van der Waals surface area contributed by atoms with E-state index in [0.717, 1.165) is 16.6 Å². The predicted octanol–water partition coefficient (Wildman–Crippen LogP) is 2.28. The molecule has 5 heteroatoms. The minimum absolute atomic E-state index is 0.0920. The van der Waals surface area contributed by atoms with E-state index >= 15 is 0 Å². The van der Waals surface area contributed by atoms with Gasteiger partial charge in [0.05, 0.1) is 30.0 Å². The highest BCUT2D eigenvalue weighted by atomic mass is 16.3. The van der Waals surface area contributed by atoms with Crippen molar-refractivity contribution in [3.8, 4) is 0 Å². The van der Waals surface area contributed by atoms with Crippen molar-refractivity contribution < 1.29 is 9.90 Å². The third kappa shape index (κ3) is 3.57. The van der Waals surface area contributed by atoms with Crippen LogP contribution in [0.15, 0.2) is 60.9 Å². The maximum atomic E-state index is 12.2. The summed E-state index contributed by atoms with van der Waals surface area (Å²) in [4.78, 5) is 16.5. The number of hydrogen-bond donors (Lipinski definition) is 2. The van der Waals surface area contributed by atoms with Gasteiger partial charge in [-0.2, -0.15) is 0 Å². The lowest BCUT2D eigenvalue weighted by molar-refractivity contribution is -0.122. The number of nitrogens with one attached hydrogen (secondary N) is 1. The minimum atomic E-state index is -0.372. The lowest BCUT2D eigenvalue weighted by atomic mass is 10.1. The van der Waals surface area contributed by atoms with E-state index in [2.05, 4.69) is 10.3 Å². The normalized spacial score (nSPS) is 12.2. The highest BCUT2D eigenvalue weighted by Gasteiger charge is 2.13. The first-order chi connectivity index (χ1) is 11.3. The monoisotopic (exact) mass is 309 g/mol. The molecule has 0 aliphatic rings. The number of imidazole rings is 1. The van der Waals surface area contributed by atoms with Gasteiger partial charge in [0, 0.05) is 13.0 Å². The number of hydrogen-bond acceptors (Lipinski definition) is 3. The van der Waals surface area contributed by atoms with Crippen molar-refractivity contribution >= 4 is 16.9 Å². The van der Waals surface area contributed by atoms with E-state index in [4.69, 9.17) is 0 Å². The first-order valence-electron chi connectivity index (χ1n) is 7.63. The van der Waals surface area contributed by atoms with Gasteiger partial charge in [-0.25, -0.2) is 4.98 Å². The van der Waals surface area contributed by atoms with E-state index < -0.39 is 0 Å². The van der Waals surface area contributed by atoms with Crippen LogP contribution in [0, 0.1) is 0 Å². The number of amides is 1. The van der Waals surface area contributed by atoms with E-state index in [1.165, 1.54) is 0 Å². The average molecular weight is 309 g/mol. The zero-order chi connectivity index (χ0) is 16.1. The van der Waals surface area contributed by atoms with Crippen LogP contribution in [0.25, 0.3) is 11.0 Å². The molecule has 2 N–H and O–H groups in total. The van der Waals surface area contributed by atoms with Crippen LogP contribution < -0.4 is 5.32 Å². The Morgan fingerprint density at radius 3 is 2.65 bits per heavy atom. The van der Waals surface area contributed by atoms with Crippen LogP contribution in [0.4, 0.5) is 0 Å². The Morgan fingerprint density at radius 1 is 1.13 bits per heavy atom. The Bertz CT molecular complexity index is 783. The maximum absolute atomic E-state index is 12.2. The number of nitrogens with zero attached hydrogens (tertiary/aromatic N) is 2. The van der Waals surface area contributed by atoms with E-state index in [1.54, 1.807) is 6.33 Å². The molecule has 0 aliphatic carbocycles. The molecule has 1 aromatic heterocycles. The van der Waals surface area contributed by atoms with Crippen LogP contribution in [0.2, 0.25) is 0 Å². The number of carbonyl (C=O) groups is 1. The van der Waals surface area contributed by atoms with E-state index in [1.807, 2.05) is 59.2 Å². The molecule has 3 rings (SSSR count).